The van der Waals surface area contributed by atoms with Crippen molar-refractivity contribution in [3.8, 4) is 11.3 Å². The Hall–Kier alpha value is -3.06. The summed E-state index contributed by atoms with van der Waals surface area (Å²) in [6, 6.07) is 5.97. The average molecular weight is 441 g/mol. The highest BCUT2D eigenvalue weighted by molar-refractivity contribution is 5.95. The standard InChI is InChI=1S/C25H28FNO5/c1-2-13-27-24(16-7-9-17(26)10-8-16)21(20-5-3-4-6-22(20)25(27)32)12-11-18(28)14-19(29)15-23(30)31/h7-12,18,28H,2-6,13-15H2,1H3,(H,30,31). The third kappa shape index (κ3) is 5.40. The summed E-state index contributed by atoms with van der Waals surface area (Å²) in [5, 5.41) is 19.1. The number of carbonyl (C=O) groups excluding carboxylic acids is 1. The summed E-state index contributed by atoms with van der Waals surface area (Å²) >= 11 is 0. The fraction of sp³-hybridized carbons (Fsp3) is 0.400. The van der Waals surface area contributed by atoms with Crippen molar-refractivity contribution in [3.05, 3.63) is 63.2 Å². The molecule has 2 aromatic rings. The number of rotatable bonds is 9. The molecule has 1 aliphatic rings. The van der Waals surface area contributed by atoms with Gasteiger partial charge in [0.15, 0.2) is 0 Å². The predicted molar refractivity (Wildman–Crippen MR) is 120 cm³/mol. The Morgan fingerprint density at radius 2 is 1.81 bits per heavy atom. The smallest absolute Gasteiger partial charge is 0.310 e. The first kappa shape index (κ1) is 23.6. The van der Waals surface area contributed by atoms with Gasteiger partial charge in [-0.15, -0.1) is 0 Å². The van der Waals surface area contributed by atoms with Gasteiger partial charge in [0, 0.05) is 24.1 Å². The van der Waals surface area contributed by atoms with Gasteiger partial charge in [0.2, 0.25) is 0 Å². The molecule has 0 saturated carbocycles. The summed E-state index contributed by atoms with van der Waals surface area (Å²) in [6.07, 6.45) is 5.12. The van der Waals surface area contributed by atoms with Crippen LogP contribution in [-0.2, 0) is 29.0 Å². The van der Waals surface area contributed by atoms with Gasteiger partial charge in [0.05, 0.1) is 11.8 Å². The Labute approximate surface area is 186 Å². The maximum absolute atomic E-state index is 13.6. The molecule has 0 saturated heterocycles. The summed E-state index contributed by atoms with van der Waals surface area (Å²) in [5.74, 6) is -2.17. The average Bonchev–Trinajstić information content (AvgIpc) is 2.75. The van der Waals surface area contributed by atoms with Gasteiger partial charge in [-0.05, 0) is 67.5 Å². The number of nitrogens with zero attached hydrogens (tertiary/aromatic N) is 1. The number of ketones is 1. The summed E-state index contributed by atoms with van der Waals surface area (Å²) in [5.41, 5.74) is 3.80. The minimum Gasteiger partial charge on any atom is -0.481 e. The number of carbonyl (C=O) groups is 2. The molecule has 0 aliphatic heterocycles. The van der Waals surface area contributed by atoms with E-state index < -0.39 is 24.3 Å². The van der Waals surface area contributed by atoms with Crippen molar-refractivity contribution >= 4 is 17.8 Å². The van der Waals surface area contributed by atoms with Crippen molar-refractivity contribution in [2.45, 2.75) is 64.5 Å². The van der Waals surface area contributed by atoms with Crippen LogP contribution in [0.4, 0.5) is 4.39 Å². The first-order chi connectivity index (χ1) is 15.3. The number of benzene rings is 1. The van der Waals surface area contributed by atoms with E-state index in [-0.39, 0.29) is 17.8 Å². The molecule has 1 aromatic carbocycles. The molecular weight excluding hydrogens is 413 g/mol. The van der Waals surface area contributed by atoms with Gasteiger partial charge in [-0.1, -0.05) is 19.1 Å². The van der Waals surface area contributed by atoms with Crippen LogP contribution in [0.1, 0.15) is 55.7 Å². The molecule has 170 valence electrons. The highest BCUT2D eigenvalue weighted by Crippen LogP contribution is 2.32. The van der Waals surface area contributed by atoms with E-state index in [1.165, 1.54) is 18.2 Å². The van der Waals surface area contributed by atoms with Crippen molar-refractivity contribution in [2.24, 2.45) is 0 Å². The largest absolute Gasteiger partial charge is 0.481 e. The number of pyridine rings is 1. The van der Waals surface area contributed by atoms with E-state index in [1.54, 1.807) is 22.8 Å². The SMILES string of the molecule is CCCn1c(-c2ccc(F)cc2)c(C=CC(O)CC(=O)CC(=O)O)c2c(c1=O)CCCC2. The van der Waals surface area contributed by atoms with Crippen LogP contribution in [0, 0.1) is 5.82 Å². The highest BCUT2D eigenvalue weighted by atomic mass is 19.1. The number of aliphatic hydroxyl groups is 1. The lowest BCUT2D eigenvalue weighted by molar-refractivity contribution is -0.140. The van der Waals surface area contributed by atoms with Crippen LogP contribution in [0.15, 0.2) is 35.1 Å². The van der Waals surface area contributed by atoms with Gasteiger partial charge in [-0.25, -0.2) is 4.39 Å². The molecule has 1 unspecified atom stereocenters. The number of Topliss-reactive ketones (excluding diaryl/α,β-unsaturated/α-hetero) is 1. The molecule has 0 amide bonds. The van der Waals surface area contributed by atoms with E-state index in [1.807, 2.05) is 6.92 Å². The molecule has 2 N–H and O–H groups in total. The normalized spacial score (nSPS) is 14.3. The van der Waals surface area contributed by atoms with E-state index in [2.05, 4.69) is 0 Å². The minimum atomic E-state index is -1.23. The Morgan fingerprint density at radius 1 is 1.16 bits per heavy atom. The number of hydrogen-bond donors (Lipinski definition) is 2. The second kappa shape index (κ2) is 10.5. The molecule has 3 rings (SSSR count). The molecule has 0 bridgehead atoms. The van der Waals surface area contributed by atoms with Gasteiger partial charge in [-0.3, -0.25) is 14.4 Å². The fourth-order valence-corrected chi connectivity index (χ4v) is 4.28. The highest BCUT2D eigenvalue weighted by Gasteiger charge is 2.23. The summed E-state index contributed by atoms with van der Waals surface area (Å²) < 4.78 is 15.3. The zero-order valence-corrected chi connectivity index (χ0v) is 18.1. The molecule has 0 fully saturated rings. The Kier molecular flexibility index (Phi) is 7.75. The lowest BCUT2D eigenvalue weighted by Gasteiger charge is -2.25. The number of carboxylic acid groups (broad SMARTS) is 1. The molecule has 32 heavy (non-hydrogen) atoms. The van der Waals surface area contributed by atoms with Gasteiger partial charge in [0.25, 0.3) is 5.56 Å². The molecule has 1 atom stereocenters. The van der Waals surface area contributed by atoms with Gasteiger partial charge < -0.3 is 14.8 Å². The molecule has 1 heterocycles. The molecule has 1 aliphatic carbocycles. The lowest BCUT2D eigenvalue weighted by atomic mass is 9.86. The molecule has 0 radical (unpaired) electrons. The van der Waals surface area contributed by atoms with E-state index in [0.29, 0.717) is 24.2 Å². The summed E-state index contributed by atoms with van der Waals surface area (Å²) in [4.78, 5) is 35.8. The van der Waals surface area contributed by atoms with Crippen molar-refractivity contribution in [1.82, 2.24) is 4.57 Å². The summed E-state index contributed by atoms with van der Waals surface area (Å²) in [7, 11) is 0. The van der Waals surface area contributed by atoms with Crippen molar-refractivity contribution in [2.75, 3.05) is 0 Å². The van der Waals surface area contributed by atoms with E-state index in [9.17, 15) is 23.9 Å². The van der Waals surface area contributed by atoms with Crippen LogP contribution >= 0.6 is 0 Å². The quantitative estimate of drug-likeness (QED) is 0.578. The molecule has 7 heteroatoms. The number of fused-ring (bicyclic) bond motifs is 1. The van der Waals surface area contributed by atoms with Crippen LogP contribution in [0.5, 0.6) is 0 Å². The maximum atomic E-state index is 13.6. The van der Waals surface area contributed by atoms with Crippen molar-refractivity contribution in [3.63, 3.8) is 0 Å². The second-order valence-corrected chi connectivity index (χ2v) is 8.13. The zero-order valence-electron chi connectivity index (χ0n) is 18.1. The van der Waals surface area contributed by atoms with E-state index >= 15 is 0 Å². The van der Waals surface area contributed by atoms with Gasteiger partial charge in [-0.2, -0.15) is 0 Å². The third-order valence-electron chi connectivity index (χ3n) is 5.66. The third-order valence-corrected chi connectivity index (χ3v) is 5.66. The lowest BCUT2D eigenvalue weighted by Crippen LogP contribution is -2.30. The Balaban J connectivity index is 2.13. The van der Waals surface area contributed by atoms with Gasteiger partial charge >= 0.3 is 5.97 Å². The van der Waals surface area contributed by atoms with Crippen molar-refractivity contribution in [1.29, 1.82) is 0 Å². The minimum absolute atomic E-state index is 0.0322. The zero-order chi connectivity index (χ0) is 23.3. The summed E-state index contributed by atoms with van der Waals surface area (Å²) in [6.45, 7) is 2.48. The molecule has 6 nitrogen and oxygen atoms in total. The molecule has 0 spiro atoms. The Morgan fingerprint density at radius 3 is 2.44 bits per heavy atom. The van der Waals surface area contributed by atoms with E-state index in [4.69, 9.17) is 5.11 Å². The topological polar surface area (TPSA) is 96.6 Å². The first-order valence-electron chi connectivity index (χ1n) is 11.0. The fourth-order valence-electron chi connectivity index (χ4n) is 4.28. The van der Waals surface area contributed by atoms with Crippen molar-refractivity contribution < 1.29 is 24.2 Å². The number of aromatic nitrogens is 1. The first-order valence-corrected chi connectivity index (χ1v) is 11.0. The van der Waals surface area contributed by atoms with Crippen LogP contribution in [0.3, 0.4) is 0 Å². The number of halogens is 1. The monoisotopic (exact) mass is 441 g/mol. The van der Waals surface area contributed by atoms with Crippen LogP contribution in [-0.4, -0.2) is 32.6 Å². The predicted octanol–water partition coefficient (Wildman–Crippen LogP) is 3.75. The second-order valence-electron chi connectivity index (χ2n) is 8.13. The number of carboxylic acids is 1. The van der Waals surface area contributed by atoms with E-state index in [0.717, 1.165) is 42.4 Å². The number of aliphatic hydroxyl groups excluding tert-OH is 1. The number of hydrogen-bond acceptors (Lipinski definition) is 4. The van der Waals surface area contributed by atoms with Crippen LogP contribution in [0.2, 0.25) is 0 Å². The molecule has 1 aromatic heterocycles. The van der Waals surface area contributed by atoms with Gasteiger partial charge in [0.1, 0.15) is 18.0 Å². The van der Waals surface area contributed by atoms with Crippen LogP contribution in [0.25, 0.3) is 17.3 Å². The molecular formula is C25H28FNO5. The number of aliphatic carboxylic acids is 1. The Bertz CT molecular complexity index is 1080. The van der Waals surface area contributed by atoms with Crippen LogP contribution < -0.4 is 5.56 Å². The maximum Gasteiger partial charge on any atom is 0.310 e.